The summed E-state index contributed by atoms with van der Waals surface area (Å²) in [6.45, 7) is 3.37. The van der Waals surface area contributed by atoms with Crippen molar-refractivity contribution < 1.29 is 4.79 Å². The lowest BCUT2D eigenvalue weighted by molar-refractivity contribution is -0.120. The van der Waals surface area contributed by atoms with Crippen LogP contribution in [0.3, 0.4) is 0 Å². The highest BCUT2D eigenvalue weighted by atomic mass is 32.1. The number of nitrogens with zero attached hydrogens (tertiary/aromatic N) is 4. The number of rotatable bonds is 4. The molecule has 150 valence electrons. The summed E-state index contributed by atoms with van der Waals surface area (Å²) in [6, 6.07) is 11.0. The maximum atomic E-state index is 13.0. The van der Waals surface area contributed by atoms with Gasteiger partial charge in [-0.3, -0.25) is 9.59 Å². The smallest absolute Gasteiger partial charge is 0.266 e. The molecular weight excluding hydrogens is 386 g/mol. The Morgan fingerprint density at radius 2 is 2.07 bits per heavy atom. The van der Waals surface area contributed by atoms with Gasteiger partial charge in [0.15, 0.2) is 0 Å². The SMILES string of the molecule is Cc1nc(-c2ccccc2NC(=O)C2CCCN(c3ccc(=O)n(C)n3)C2)cs1. The minimum Gasteiger partial charge on any atom is -0.354 e. The van der Waals surface area contributed by atoms with Crippen LogP contribution in [0.25, 0.3) is 11.3 Å². The molecule has 1 amide bonds. The molecule has 1 aliphatic rings. The van der Waals surface area contributed by atoms with Gasteiger partial charge in [-0.1, -0.05) is 18.2 Å². The molecule has 3 aromatic rings. The van der Waals surface area contributed by atoms with Crippen LogP contribution in [0.15, 0.2) is 46.6 Å². The second-order valence-electron chi connectivity index (χ2n) is 7.23. The molecule has 0 bridgehead atoms. The van der Waals surface area contributed by atoms with E-state index in [4.69, 9.17) is 0 Å². The molecule has 1 aromatic carbocycles. The summed E-state index contributed by atoms with van der Waals surface area (Å²) in [5.74, 6) is 0.579. The highest BCUT2D eigenvalue weighted by molar-refractivity contribution is 7.09. The Labute approximate surface area is 173 Å². The normalized spacial score (nSPS) is 16.6. The van der Waals surface area contributed by atoms with Gasteiger partial charge in [-0.25, -0.2) is 9.67 Å². The fourth-order valence-corrected chi connectivity index (χ4v) is 4.21. The molecule has 0 saturated carbocycles. The third-order valence-electron chi connectivity index (χ3n) is 5.14. The molecule has 8 heteroatoms. The molecule has 1 N–H and O–H groups in total. The fraction of sp³-hybridized carbons (Fsp3) is 0.333. The first-order valence-electron chi connectivity index (χ1n) is 9.63. The number of aryl methyl sites for hydroxylation is 2. The molecular formula is C21H23N5O2S. The molecule has 2 aromatic heterocycles. The van der Waals surface area contributed by atoms with E-state index in [1.54, 1.807) is 24.5 Å². The number of carbonyl (C=O) groups excluding carboxylic acids is 1. The van der Waals surface area contributed by atoms with Crippen LogP contribution in [-0.2, 0) is 11.8 Å². The third kappa shape index (κ3) is 4.22. The van der Waals surface area contributed by atoms with E-state index in [1.807, 2.05) is 36.6 Å². The molecule has 1 aliphatic heterocycles. The van der Waals surface area contributed by atoms with Gasteiger partial charge >= 0.3 is 0 Å². The van der Waals surface area contributed by atoms with Gasteiger partial charge in [0.1, 0.15) is 5.82 Å². The molecule has 1 saturated heterocycles. The minimum absolute atomic E-state index is 0.000999. The van der Waals surface area contributed by atoms with Crippen molar-refractivity contribution in [3.63, 3.8) is 0 Å². The van der Waals surface area contributed by atoms with E-state index in [2.05, 4.69) is 20.3 Å². The van der Waals surface area contributed by atoms with Gasteiger partial charge < -0.3 is 10.2 Å². The van der Waals surface area contributed by atoms with Crippen LogP contribution in [0.4, 0.5) is 11.5 Å². The third-order valence-corrected chi connectivity index (χ3v) is 5.92. The topological polar surface area (TPSA) is 80.1 Å². The van der Waals surface area contributed by atoms with E-state index in [0.29, 0.717) is 6.54 Å². The van der Waals surface area contributed by atoms with Crippen molar-refractivity contribution >= 4 is 28.7 Å². The van der Waals surface area contributed by atoms with Gasteiger partial charge in [-0.15, -0.1) is 11.3 Å². The fourth-order valence-electron chi connectivity index (χ4n) is 3.60. The van der Waals surface area contributed by atoms with Crippen LogP contribution in [-0.4, -0.2) is 33.8 Å². The summed E-state index contributed by atoms with van der Waals surface area (Å²) in [6.07, 6.45) is 1.72. The summed E-state index contributed by atoms with van der Waals surface area (Å²) >= 11 is 1.59. The van der Waals surface area contributed by atoms with Crippen LogP contribution in [0.2, 0.25) is 0 Å². The Bertz CT molecular complexity index is 1090. The number of anilines is 2. The lowest BCUT2D eigenvalue weighted by atomic mass is 9.96. The molecule has 29 heavy (non-hydrogen) atoms. The largest absolute Gasteiger partial charge is 0.354 e. The maximum Gasteiger partial charge on any atom is 0.266 e. The lowest BCUT2D eigenvalue weighted by Gasteiger charge is -2.32. The molecule has 3 heterocycles. The molecule has 0 aliphatic carbocycles. The first-order valence-corrected chi connectivity index (χ1v) is 10.5. The van der Waals surface area contributed by atoms with E-state index in [0.717, 1.165) is 47.2 Å². The number of para-hydroxylation sites is 1. The Morgan fingerprint density at radius 3 is 2.83 bits per heavy atom. The first-order chi connectivity index (χ1) is 14.0. The highest BCUT2D eigenvalue weighted by Crippen LogP contribution is 2.30. The average Bonchev–Trinajstić information content (AvgIpc) is 3.16. The van der Waals surface area contributed by atoms with Gasteiger partial charge in [0.05, 0.1) is 22.3 Å². The number of thiazole rings is 1. The van der Waals surface area contributed by atoms with E-state index in [-0.39, 0.29) is 17.4 Å². The maximum absolute atomic E-state index is 13.0. The van der Waals surface area contributed by atoms with Gasteiger partial charge in [0.2, 0.25) is 5.91 Å². The zero-order valence-electron chi connectivity index (χ0n) is 16.5. The zero-order valence-corrected chi connectivity index (χ0v) is 17.3. The highest BCUT2D eigenvalue weighted by Gasteiger charge is 2.27. The molecule has 1 fully saturated rings. The number of amides is 1. The quantitative estimate of drug-likeness (QED) is 0.716. The molecule has 0 spiro atoms. The van der Waals surface area contributed by atoms with Crippen molar-refractivity contribution in [1.82, 2.24) is 14.8 Å². The van der Waals surface area contributed by atoms with Gasteiger partial charge in [0, 0.05) is 37.1 Å². The van der Waals surface area contributed by atoms with E-state index in [1.165, 1.54) is 10.7 Å². The Hall–Kier alpha value is -3.00. The number of piperidine rings is 1. The van der Waals surface area contributed by atoms with Crippen LogP contribution < -0.4 is 15.8 Å². The van der Waals surface area contributed by atoms with Crippen molar-refractivity contribution in [1.29, 1.82) is 0 Å². The summed E-state index contributed by atoms with van der Waals surface area (Å²) in [4.78, 5) is 31.2. The summed E-state index contributed by atoms with van der Waals surface area (Å²) in [5.41, 5.74) is 2.44. The monoisotopic (exact) mass is 409 g/mol. The summed E-state index contributed by atoms with van der Waals surface area (Å²) in [7, 11) is 1.64. The predicted molar refractivity (Wildman–Crippen MR) is 115 cm³/mol. The Balaban J connectivity index is 1.50. The summed E-state index contributed by atoms with van der Waals surface area (Å²) in [5, 5.41) is 10.4. The number of benzene rings is 1. The van der Waals surface area contributed by atoms with Gasteiger partial charge in [-0.05, 0) is 31.9 Å². The van der Waals surface area contributed by atoms with Crippen LogP contribution in [0.5, 0.6) is 0 Å². The van der Waals surface area contributed by atoms with Crippen LogP contribution in [0.1, 0.15) is 17.8 Å². The first kappa shape index (κ1) is 19.3. The summed E-state index contributed by atoms with van der Waals surface area (Å²) < 4.78 is 1.32. The molecule has 4 rings (SSSR count). The van der Waals surface area contributed by atoms with E-state index >= 15 is 0 Å². The van der Waals surface area contributed by atoms with Gasteiger partial charge in [-0.2, -0.15) is 5.10 Å². The standard InChI is InChI=1S/C21H23N5O2S/c1-14-22-18(13-29-14)16-7-3-4-8-17(16)23-21(28)15-6-5-11-26(12-15)19-9-10-20(27)25(2)24-19/h3-4,7-10,13,15H,5-6,11-12H2,1-2H3,(H,23,28). The second kappa shape index (κ2) is 8.16. The lowest BCUT2D eigenvalue weighted by Crippen LogP contribution is -2.41. The number of hydrogen-bond acceptors (Lipinski definition) is 6. The van der Waals surface area contributed by atoms with Crippen molar-refractivity contribution in [3.8, 4) is 11.3 Å². The number of nitrogens with one attached hydrogen (secondary N) is 1. The molecule has 1 atom stereocenters. The van der Waals surface area contributed by atoms with Crippen molar-refractivity contribution in [2.75, 3.05) is 23.3 Å². The predicted octanol–water partition coefficient (Wildman–Crippen LogP) is 3.07. The van der Waals surface area contributed by atoms with Crippen molar-refractivity contribution in [2.24, 2.45) is 13.0 Å². The van der Waals surface area contributed by atoms with Crippen LogP contribution in [0, 0.1) is 12.8 Å². The number of carbonyl (C=O) groups is 1. The van der Waals surface area contributed by atoms with Gasteiger partial charge in [0.25, 0.3) is 5.56 Å². The minimum atomic E-state index is -0.145. The second-order valence-corrected chi connectivity index (χ2v) is 8.29. The molecule has 7 nitrogen and oxygen atoms in total. The van der Waals surface area contributed by atoms with E-state index in [9.17, 15) is 9.59 Å². The molecule has 1 unspecified atom stereocenters. The Morgan fingerprint density at radius 1 is 1.24 bits per heavy atom. The average molecular weight is 410 g/mol. The van der Waals surface area contributed by atoms with Crippen LogP contribution >= 0.6 is 11.3 Å². The Kier molecular flexibility index (Phi) is 5.44. The van der Waals surface area contributed by atoms with E-state index < -0.39 is 0 Å². The van der Waals surface area contributed by atoms with Crippen molar-refractivity contribution in [2.45, 2.75) is 19.8 Å². The number of hydrogen-bond donors (Lipinski definition) is 1. The van der Waals surface area contributed by atoms with Crippen molar-refractivity contribution in [3.05, 3.63) is 57.1 Å². The zero-order chi connectivity index (χ0) is 20.4. The number of aromatic nitrogens is 3. The molecule has 0 radical (unpaired) electrons.